The highest BCUT2D eigenvalue weighted by Gasteiger charge is 2.16. The third-order valence-electron chi connectivity index (χ3n) is 3.71. The SMILES string of the molecule is O=C(Nc1nn(Cc2ccccc2Cl)cc1Cl)c1cc2ncccn2n1. The van der Waals surface area contributed by atoms with Gasteiger partial charge in [-0.3, -0.25) is 9.48 Å². The van der Waals surface area contributed by atoms with Crippen molar-refractivity contribution < 1.29 is 4.79 Å². The molecule has 9 heteroatoms. The molecule has 3 aromatic heterocycles. The molecule has 0 bridgehead atoms. The van der Waals surface area contributed by atoms with Crippen LogP contribution in [-0.2, 0) is 6.54 Å². The Labute approximate surface area is 158 Å². The van der Waals surface area contributed by atoms with Gasteiger partial charge in [-0.1, -0.05) is 41.4 Å². The molecule has 1 N–H and O–H groups in total. The van der Waals surface area contributed by atoms with E-state index in [0.717, 1.165) is 5.56 Å². The predicted octanol–water partition coefficient (Wildman–Crippen LogP) is 3.53. The number of halogens is 2. The number of fused-ring (bicyclic) bond motifs is 1. The Hall–Kier alpha value is -2.90. The van der Waals surface area contributed by atoms with Gasteiger partial charge in [0.15, 0.2) is 17.2 Å². The third kappa shape index (κ3) is 3.26. The Morgan fingerprint density at radius 2 is 1.96 bits per heavy atom. The van der Waals surface area contributed by atoms with Crippen LogP contribution in [0.15, 0.2) is 55.0 Å². The summed E-state index contributed by atoms with van der Waals surface area (Å²) in [5.41, 5.74) is 1.70. The van der Waals surface area contributed by atoms with Gasteiger partial charge in [0, 0.05) is 29.7 Å². The fourth-order valence-corrected chi connectivity index (χ4v) is 2.87. The van der Waals surface area contributed by atoms with E-state index in [1.54, 1.807) is 35.4 Å². The Balaban J connectivity index is 1.54. The fraction of sp³-hybridized carbons (Fsp3) is 0.0588. The summed E-state index contributed by atoms with van der Waals surface area (Å²) in [5.74, 6) is -0.158. The molecule has 0 saturated heterocycles. The molecule has 130 valence electrons. The van der Waals surface area contributed by atoms with E-state index in [1.807, 2.05) is 24.3 Å². The molecular weight excluding hydrogens is 375 g/mol. The normalized spacial score (nSPS) is 11.0. The van der Waals surface area contributed by atoms with Crippen molar-refractivity contribution >= 4 is 40.6 Å². The minimum absolute atomic E-state index is 0.223. The van der Waals surface area contributed by atoms with Crippen molar-refractivity contribution in [2.24, 2.45) is 0 Å². The first kappa shape index (κ1) is 16.6. The third-order valence-corrected chi connectivity index (χ3v) is 4.35. The van der Waals surface area contributed by atoms with Gasteiger partial charge in [-0.25, -0.2) is 9.50 Å². The average molecular weight is 387 g/mol. The number of hydrogen-bond acceptors (Lipinski definition) is 4. The van der Waals surface area contributed by atoms with Crippen LogP contribution in [0.5, 0.6) is 0 Å². The molecule has 26 heavy (non-hydrogen) atoms. The smallest absolute Gasteiger partial charge is 0.277 e. The molecule has 0 aliphatic heterocycles. The molecule has 0 aliphatic rings. The molecule has 0 fully saturated rings. The predicted molar refractivity (Wildman–Crippen MR) is 98.7 cm³/mol. The number of carbonyl (C=O) groups excluding carboxylic acids is 1. The van der Waals surface area contributed by atoms with Crippen molar-refractivity contribution in [3.63, 3.8) is 0 Å². The zero-order valence-electron chi connectivity index (χ0n) is 13.3. The summed E-state index contributed by atoms with van der Waals surface area (Å²) in [5, 5.41) is 12.1. The first-order valence-electron chi connectivity index (χ1n) is 7.68. The van der Waals surface area contributed by atoms with Gasteiger partial charge in [0.05, 0.1) is 6.54 Å². The van der Waals surface area contributed by atoms with E-state index in [-0.39, 0.29) is 11.5 Å². The summed E-state index contributed by atoms with van der Waals surface area (Å²) < 4.78 is 3.14. The van der Waals surface area contributed by atoms with Crippen molar-refractivity contribution in [2.75, 3.05) is 5.32 Å². The van der Waals surface area contributed by atoms with E-state index in [4.69, 9.17) is 23.2 Å². The second-order valence-electron chi connectivity index (χ2n) is 5.52. The van der Waals surface area contributed by atoms with Gasteiger partial charge in [-0.15, -0.1) is 0 Å². The number of amides is 1. The van der Waals surface area contributed by atoms with Crippen molar-refractivity contribution in [3.8, 4) is 0 Å². The van der Waals surface area contributed by atoms with E-state index in [9.17, 15) is 4.79 Å². The van der Waals surface area contributed by atoms with Crippen molar-refractivity contribution in [1.82, 2.24) is 24.4 Å². The molecular formula is C17H12Cl2N6O. The summed E-state index contributed by atoms with van der Waals surface area (Å²) >= 11 is 12.4. The summed E-state index contributed by atoms with van der Waals surface area (Å²) in [4.78, 5) is 16.5. The first-order chi connectivity index (χ1) is 12.6. The van der Waals surface area contributed by atoms with Crippen LogP contribution >= 0.6 is 23.2 Å². The number of nitrogens with one attached hydrogen (secondary N) is 1. The molecule has 4 aromatic rings. The monoisotopic (exact) mass is 386 g/mol. The van der Waals surface area contributed by atoms with Crippen LogP contribution in [0.25, 0.3) is 5.65 Å². The highest BCUT2D eigenvalue weighted by atomic mass is 35.5. The van der Waals surface area contributed by atoms with Crippen LogP contribution in [0.1, 0.15) is 16.1 Å². The number of aromatic nitrogens is 5. The number of hydrogen-bond donors (Lipinski definition) is 1. The molecule has 0 aliphatic carbocycles. The largest absolute Gasteiger partial charge is 0.302 e. The Kier molecular flexibility index (Phi) is 4.32. The van der Waals surface area contributed by atoms with Crippen molar-refractivity contribution in [1.29, 1.82) is 0 Å². The molecule has 0 unspecified atom stereocenters. The molecule has 4 rings (SSSR count). The average Bonchev–Trinajstić information content (AvgIpc) is 3.21. The molecule has 0 saturated carbocycles. The lowest BCUT2D eigenvalue weighted by atomic mass is 10.2. The van der Waals surface area contributed by atoms with Gasteiger partial charge in [0.1, 0.15) is 5.02 Å². The van der Waals surface area contributed by atoms with Crippen LogP contribution in [0.2, 0.25) is 10.0 Å². The minimum Gasteiger partial charge on any atom is -0.302 e. The van der Waals surface area contributed by atoms with Crippen LogP contribution in [0.4, 0.5) is 5.82 Å². The summed E-state index contributed by atoms with van der Waals surface area (Å²) in [6.07, 6.45) is 4.97. The zero-order chi connectivity index (χ0) is 18.1. The van der Waals surface area contributed by atoms with E-state index in [1.165, 1.54) is 4.52 Å². The number of nitrogens with zero attached hydrogens (tertiary/aromatic N) is 5. The van der Waals surface area contributed by atoms with Crippen molar-refractivity contribution in [2.45, 2.75) is 6.54 Å². The van der Waals surface area contributed by atoms with Gasteiger partial charge in [0.25, 0.3) is 5.91 Å². The number of rotatable bonds is 4. The lowest BCUT2D eigenvalue weighted by Crippen LogP contribution is -2.14. The molecule has 1 amide bonds. The maximum atomic E-state index is 12.4. The van der Waals surface area contributed by atoms with Gasteiger partial charge in [0.2, 0.25) is 0 Å². The van der Waals surface area contributed by atoms with E-state index >= 15 is 0 Å². The second-order valence-corrected chi connectivity index (χ2v) is 6.34. The van der Waals surface area contributed by atoms with Gasteiger partial charge >= 0.3 is 0 Å². The minimum atomic E-state index is -0.416. The van der Waals surface area contributed by atoms with Crippen LogP contribution in [-0.4, -0.2) is 30.3 Å². The number of benzene rings is 1. The molecule has 3 heterocycles. The van der Waals surface area contributed by atoms with E-state index in [0.29, 0.717) is 22.2 Å². The maximum absolute atomic E-state index is 12.4. The van der Waals surface area contributed by atoms with Gasteiger partial charge < -0.3 is 5.32 Å². The van der Waals surface area contributed by atoms with Gasteiger partial charge in [-0.2, -0.15) is 10.2 Å². The van der Waals surface area contributed by atoms with Crippen molar-refractivity contribution in [3.05, 3.63) is 76.3 Å². The van der Waals surface area contributed by atoms with Crippen LogP contribution in [0.3, 0.4) is 0 Å². The summed E-state index contributed by atoms with van der Waals surface area (Å²) in [6, 6.07) is 10.8. The topological polar surface area (TPSA) is 77.1 Å². The first-order valence-corrected chi connectivity index (χ1v) is 8.44. The van der Waals surface area contributed by atoms with Gasteiger partial charge in [-0.05, 0) is 17.7 Å². The number of anilines is 1. The summed E-state index contributed by atoms with van der Waals surface area (Å²) in [6.45, 7) is 0.438. The molecule has 1 aromatic carbocycles. The number of carbonyl (C=O) groups is 1. The Morgan fingerprint density at radius 3 is 2.77 bits per heavy atom. The second kappa shape index (κ2) is 6.78. The molecule has 0 spiro atoms. The van der Waals surface area contributed by atoms with Crippen LogP contribution < -0.4 is 5.32 Å². The van der Waals surface area contributed by atoms with E-state index < -0.39 is 5.91 Å². The summed E-state index contributed by atoms with van der Waals surface area (Å²) in [7, 11) is 0. The lowest BCUT2D eigenvalue weighted by molar-refractivity contribution is 0.102. The Morgan fingerprint density at radius 1 is 1.12 bits per heavy atom. The van der Waals surface area contributed by atoms with Crippen LogP contribution in [0, 0.1) is 0 Å². The molecule has 0 atom stereocenters. The standard InChI is InChI=1S/C17H12Cl2N6O/c18-12-5-2-1-4-11(12)9-24-10-13(19)16(23-24)21-17(26)14-8-15-20-6-3-7-25(15)22-14/h1-8,10H,9H2,(H,21,23,26). The maximum Gasteiger partial charge on any atom is 0.277 e. The van der Waals surface area contributed by atoms with E-state index in [2.05, 4.69) is 20.5 Å². The quantitative estimate of drug-likeness (QED) is 0.581. The molecule has 7 nitrogen and oxygen atoms in total. The Bertz CT molecular complexity index is 1070. The highest BCUT2D eigenvalue weighted by molar-refractivity contribution is 6.33. The zero-order valence-corrected chi connectivity index (χ0v) is 14.8. The molecule has 0 radical (unpaired) electrons. The highest BCUT2D eigenvalue weighted by Crippen LogP contribution is 2.22. The fourth-order valence-electron chi connectivity index (χ4n) is 2.48. The lowest BCUT2D eigenvalue weighted by Gasteiger charge is -2.04.